The van der Waals surface area contributed by atoms with Crippen LogP contribution in [0.1, 0.15) is 30.7 Å². The van der Waals surface area contributed by atoms with Gasteiger partial charge in [0.2, 0.25) is 5.91 Å². The molecule has 1 aromatic heterocycles. The molecule has 1 aliphatic heterocycles. The summed E-state index contributed by atoms with van der Waals surface area (Å²) in [7, 11) is 1.77. The van der Waals surface area contributed by atoms with Crippen LogP contribution in [-0.4, -0.2) is 60.2 Å². The van der Waals surface area contributed by atoms with E-state index in [1.807, 2.05) is 32.0 Å². The van der Waals surface area contributed by atoms with E-state index in [1.165, 1.54) is 0 Å². The molecule has 2 aliphatic rings. The van der Waals surface area contributed by atoms with Crippen LogP contribution in [0.3, 0.4) is 0 Å². The number of hydrogen-bond acceptors (Lipinski definition) is 6. The average molecular weight is 411 g/mol. The smallest absolute Gasteiger partial charge is 0.227 e. The van der Waals surface area contributed by atoms with E-state index in [0.29, 0.717) is 12.7 Å². The first-order valence-corrected chi connectivity index (χ1v) is 10.7. The van der Waals surface area contributed by atoms with E-state index in [9.17, 15) is 4.79 Å². The van der Waals surface area contributed by atoms with Gasteiger partial charge in [0.1, 0.15) is 18.7 Å². The van der Waals surface area contributed by atoms with Crippen molar-refractivity contribution in [1.82, 2.24) is 14.9 Å². The van der Waals surface area contributed by atoms with Gasteiger partial charge in [0.25, 0.3) is 0 Å². The van der Waals surface area contributed by atoms with Gasteiger partial charge >= 0.3 is 0 Å². The second kappa shape index (κ2) is 9.10. The SMILES string of the molecule is CO[C@@H]1CCN(CCOc2ccc(NC(=O)C3CC3)cc2-c2c(C)ncnc2C)C1. The summed E-state index contributed by atoms with van der Waals surface area (Å²) in [6.07, 6.45) is 4.92. The number of rotatable bonds is 8. The lowest BCUT2D eigenvalue weighted by Crippen LogP contribution is -2.27. The molecular weight excluding hydrogens is 380 g/mol. The summed E-state index contributed by atoms with van der Waals surface area (Å²) < 4.78 is 11.6. The van der Waals surface area contributed by atoms with Crippen LogP contribution in [0.5, 0.6) is 5.75 Å². The molecule has 1 amide bonds. The van der Waals surface area contributed by atoms with Crippen LogP contribution in [0, 0.1) is 19.8 Å². The molecule has 1 N–H and O–H groups in total. The molecule has 0 unspecified atom stereocenters. The Morgan fingerprint density at radius 3 is 2.63 bits per heavy atom. The van der Waals surface area contributed by atoms with Crippen molar-refractivity contribution in [1.29, 1.82) is 0 Å². The minimum absolute atomic E-state index is 0.0918. The van der Waals surface area contributed by atoms with Gasteiger partial charge in [-0.2, -0.15) is 0 Å². The number of ether oxygens (including phenoxy) is 2. The fourth-order valence-electron chi connectivity index (χ4n) is 3.98. The van der Waals surface area contributed by atoms with Crippen molar-refractivity contribution in [2.45, 2.75) is 39.2 Å². The highest BCUT2D eigenvalue weighted by molar-refractivity contribution is 5.95. The molecule has 30 heavy (non-hydrogen) atoms. The van der Waals surface area contributed by atoms with E-state index in [2.05, 4.69) is 20.2 Å². The molecular formula is C23H30N4O3. The lowest BCUT2D eigenvalue weighted by Gasteiger charge is -2.19. The zero-order chi connectivity index (χ0) is 21.1. The van der Waals surface area contributed by atoms with Gasteiger partial charge in [0.05, 0.1) is 6.10 Å². The largest absolute Gasteiger partial charge is 0.492 e. The summed E-state index contributed by atoms with van der Waals surface area (Å²) in [5, 5.41) is 3.03. The number of aromatic nitrogens is 2. The molecule has 4 rings (SSSR count). The van der Waals surface area contributed by atoms with Crippen molar-refractivity contribution in [3.63, 3.8) is 0 Å². The van der Waals surface area contributed by atoms with Gasteiger partial charge in [-0.25, -0.2) is 9.97 Å². The van der Waals surface area contributed by atoms with E-state index < -0.39 is 0 Å². The van der Waals surface area contributed by atoms with Crippen molar-refractivity contribution in [3.8, 4) is 16.9 Å². The minimum Gasteiger partial charge on any atom is -0.492 e. The zero-order valence-electron chi connectivity index (χ0n) is 18.0. The molecule has 7 heteroatoms. The molecule has 0 bridgehead atoms. The molecule has 1 saturated carbocycles. The summed E-state index contributed by atoms with van der Waals surface area (Å²) in [5.41, 5.74) is 4.42. The number of carbonyl (C=O) groups excluding carboxylic acids is 1. The number of nitrogens with one attached hydrogen (secondary N) is 1. The number of anilines is 1. The van der Waals surface area contributed by atoms with E-state index in [4.69, 9.17) is 9.47 Å². The van der Waals surface area contributed by atoms with Gasteiger partial charge in [-0.1, -0.05) is 0 Å². The normalized spacial score (nSPS) is 19.1. The van der Waals surface area contributed by atoms with E-state index in [0.717, 1.165) is 72.8 Å². The van der Waals surface area contributed by atoms with E-state index >= 15 is 0 Å². The van der Waals surface area contributed by atoms with Crippen molar-refractivity contribution >= 4 is 11.6 Å². The predicted molar refractivity (Wildman–Crippen MR) is 116 cm³/mol. The molecule has 2 heterocycles. The minimum atomic E-state index is 0.0918. The summed E-state index contributed by atoms with van der Waals surface area (Å²) >= 11 is 0. The number of carbonyl (C=O) groups is 1. The number of amides is 1. The maximum atomic E-state index is 12.2. The summed E-state index contributed by atoms with van der Waals surface area (Å²) in [6, 6.07) is 5.82. The monoisotopic (exact) mass is 410 g/mol. The first-order valence-electron chi connectivity index (χ1n) is 10.7. The van der Waals surface area contributed by atoms with Gasteiger partial charge in [0.15, 0.2) is 0 Å². The summed E-state index contributed by atoms with van der Waals surface area (Å²) in [4.78, 5) is 23.3. The highest BCUT2D eigenvalue weighted by atomic mass is 16.5. The van der Waals surface area contributed by atoms with Gasteiger partial charge in [0, 0.05) is 60.9 Å². The molecule has 1 aliphatic carbocycles. The molecule has 1 atom stereocenters. The Labute approximate surface area is 177 Å². The number of aryl methyl sites for hydroxylation is 2. The van der Waals surface area contributed by atoms with Crippen molar-refractivity contribution in [2.75, 3.05) is 38.7 Å². The third kappa shape index (κ3) is 4.79. The van der Waals surface area contributed by atoms with Crippen molar-refractivity contribution < 1.29 is 14.3 Å². The fourth-order valence-corrected chi connectivity index (χ4v) is 3.98. The van der Waals surface area contributed by atoms with Crippen LogP contribution in [0.15, 0.2) is 24.5 Å². The number of nitrogens with zero attached hydrogens (tertiary/aromatic N) is 3. The quantitative estimate of drug-likeness (QED) is 0.720. The van der Waals surface area contributed by atoms with Gasteiger partial charge in [-0.15, -0.1) is 0 Å². The molecule has 1 saturated heterocycles. The predicted octanol–water partition coefficient (Wildman–Crippen LogP) is 3.21. The van der Waals surface area contributed by atoms with Crippen molar-refractivity contribution in [2.24, 2.45) is 5.92 Å². The first-order chi connectivity index (χ1) is 14.5. The van der Waals surface area contributed by atoms with Gasteiger partial charge < -0.3 is 14.8 Å². The lowest BCUT2D eigenvalue weighted by atomic mass is 10.0. The molecule has 2 fully saturated rings. The number of methoxy groups -OCH3 is 1. The lowest BCUT2D eigenvalue weighted by molar-refractivity contribution is -0.117. The average Bonchev–Trinajstić information content (AvgIpc) is 3.48. The third-order valence-corrected chi connectivity index (χ3v) is 5.92. The van der Waals surface area contributed by atoms with Crippen LogP contribution >= 0.6 is 0 Å². The first kappa shape index (κ1) is 20.8. The topological polar surface area (TPSA) is 76.6 Å². The van der Waals surface area contributed by atoms with Gasteiger partial charge in [-0.3, -0.25) is 9.69 Å². The Kier molecular flexibility index (Phi) is 6.29. The highest BCUT2D eigenvalue weighted by Gasteiger charge is 2.29. The summed E-state index contributed by atoms with van der Waals surface area (Å²) in [5.74, 6) is 1.03. The van der Waals surface area contributed by atoms with Crippen LogP contribution in [0.2, 0.25) is 0 Å². The van der Waals surface area contributed by atoms with Crippen LogP contribution in [0.25, 0.3) is 11.1 Å². The highest BCUT2D eigenvalue weighted by Crippen LogP contribution is 2.36. The van der Waals surface area contributed by atoms with E-state index in [1.54, 1.807) is 13.4 Å². The summed E-state index contributed by atoms with van der Waals surface area (Å²) in [6.45, 7) is 7.36. The Hall–Kier alpha value is -2.51. The molecule has 1 aromatic carbocycles. The molecule has 2 aromatic rings. The molecule has 7 nitrogen and oxygen atoms in total. The molecule has 0 radical (unpaired) electrons. The van der Waals surface area contributed by atoms with Crippen LogP contribution in [0.4, 0.5) is 5.69 Å². The third-order valence-electron chi connectivity index (χ3n) is 5.92. The maximum absolute atomic E-state index is 12.2. The second-order valence-electron chi connectivity index (χ2n) is 8.19. The number of hydrogen-bond donors (Lipinski definition) is 1. The Bertz CT molecular complexity index is 893. The molecule has 160 valence electrons. The zero-order valence-corrected chi connectivity index (χ0v) is 18.0. The Morgan fingerprint density at radius 2 is 1.97 bits per heavy atom. The Balaban J connectivity index is 1.53. The van der Waals surface area contributed by atoms with Crippen molar-refractivity contribution in [3.05, 3.63) is 35.9 Å². The number of likely N-dealkylation sites (tertiary alicyclic amines) is 1. The molecule has 0 spiro atoms. The number of benzene rings is 1. The maximum Gasteiger partial charge on any atom is 0.227 e. The standard InChI is InChI=1S/C23H30N4O3/c1-15-22(16(2)25-14-24-15)20-12-18(26-23(28)17-4-5-17)6-7-21(20)30-11-10-27-9-8-19(13-27)29-3/h6-7,12,14,17,19H,4-5,8-11,13H2,1-3H3,(H,26,28)/t19-/m1/s1. The van der Waals surface area contributed by atoms with Crippen LogP contribution < -0.4 is 10.1 Å². The fraction of sp³-hybridized carbons (Fsp3) is 0.522. The van der Waals surface area contributed by atoms with E-state index in [-0.39, 0.29) is 11.8 Å². The Morgan fingerprint density at radius 1 is 1.20 bits per heavy atom. The second-order valence-corrected chi connectivity index (χ2v) is 8.19. The van der Waals surface area contributed by atoms with Gasteiger partial charge in [-0.05, 0) is 51.3 Å². The van der Waals surface area contributed by atoms with Crippen LogP contribution in [-0.2, 0) is 9.53 Å².